The lowest BCUT2D eigenvalue weighted by atomic mass is 10.1. The number of fused-ring (bicyclic) bond motifs is 1. The Morgan fingerprint density at radius 1 is 1.26 bits per heavy atom. The number of nitrogens with zero attached hydrogens (tertiary/aromatic N) is 1. The van der Waals surface area contributed by atoms with E-state index in [1.807, 2.05) is 6.20 Å². The third kappa shape index (κ3) is 3.17. The van der Waals surface area contributed by atoms with Crippen LogP contribution in [0.4, 0.5) is 0 Å². The molecule has 1 unspecified atom stereocenters. The maximum Gasteiger partial charge on any atom is 0.0457 e. The third-order valence-electron chi connectivity index (χ3n) is 4.00. The number of aromatic nitrogens is 1. The molecule has 3 heteroatoms. The molecule has 2 N–H and O–H groups in total. The Morgan fingerprint density at radius 3 is 2.95 bits per heavy atom. The average molecular weight is 257 g/mol. The highest BCUT2D eigenvalue weighted by Crippen LogP contribution is 2.14. The van der Waals surface area contributed by atoms with E-state index in [0.717, 1.165) is 6.54 Å². The van der Waals surface area contributed by atoms with Crippen LogP contribution in [0.15, 0.2) is 30.5 Å². The summed E-state index contributed by atoms with van der Waals surface area (Å²) in [5.74, 6) is 0. The third-order valence-corrected chi connectivity index (χ3v) is 4.00. The van der Waals surface area contributed by atoms with Crippen LogP contribution in [0.25, 0.3) is 10.9 Å². The fraction of sp³-hybridized carbons (Fsp3) is 0.500. The molecule has 1 aromatic heterocycles. The van der Waals surface area contributed by atoms with Crippen LogP contribution in [-0.4, -0.2) is 35.6 Å². The van der Waals surface area contributed by atoms with Crippen LogP contribution in [-0.2, 0) is 6.54 Å². The van der Waals surface area contributed by atoms with Gasteiger partial charge in [0.2, 0.25) is 0 Å². The standard InChI is InChI=1S/C16H23N3/c1-13(12-19-8-2-3-9-19)18-11-14-4-5-15-6-7-17-16(15)10-14/h4-7,10,13,17-18H,2-3,8-9,11-12H2,1H3. The summed E-state index contributed by atoms with van der Waals surface area (Å²) in [6, 6.07) is 9.31. The van der Waals surface area contributed by atoms with Crippen molar-refractivity contribution in [3.63, 3.8) is 0 Å². The fourth-order valence-electron chi connectivity index (χ4n) is 2.91. The summed E-state index contributed by atoms with van der Waals surface area (Å²) in [6.07, 6.45) is 4.74. The minimum Gasteiger partial charge on any atom is -0.361 e. The minimum atomic E-state index is 0.553. The molecule has 1 aliphatic heterocycles. The van der Waals surface area contributed by atoms with Gasteiger partial charge in [0.15, 0.2) is 0 Å². The highest BCUT2D eigenvalue weighted by Gasteiger charge is 2.14. The molecule has 3 nitrogen and oxygen atoms in total. The van der Waals surface area contributed by atoms with E-state index in [1.165, 1.54) is 48.9 Å². The molecule has 3 rings (SSSR count). The molecule has 0 spiro atoms. The molecule has 1 fully saturated rings. The molecule has 0 amide bonds. The van der Waals surface area contributed by atoms with Crippen molar-refractivity contribution in [2.75, 3.05) is 19.6 Å². The van der Waals surface area contributed by atoms with Gasteiger partial charge in [-0.15, -0.1) is 0 Å². The lowest BCUT2D eigenvalue weighted by Crippen LogP contribution is -2.37. The first-order chi connectivity index (χ1) is 9.31. The highest BCUT2D eigenvalue weighted by molar-refractivity contribution is 5.79. The van der Waals surface area contributed by atoms with Crippen LogP contribution in [0.1, 0.15) is 25.3 Å². The topological polar surface area (TPSA) is 31.1 Å². The summed E-state index contributed by atoms with van der Waals surface area (Å²) >= 11 is 0. The Balaban J connectivity index is 1.52. The van der Waals surface area contributed by atoms with Crippen LogP contribution < -0.4 is 5.32 Å². The van der Waals surface area contributed by atoms with Crippen LogP contribution in [0.5, 0.6) is 0 Å². The zero-order chi connectivity index (χ0) is 13.1. The lowest BCUT2D eigenvalue weighted by Gasteiger charge is -2.21. The van der Waals surface area contributed by atoms with Gasteiger partial charge in [-0.2, -0.15) is 0 Å². The van der Waals surface area contributed by atoms with Crippen molar-refractivity contribution < 1.29 is 0 Å². The Bertz CT molecular complexity index is 526. The quantitative estimate of drug-likeness (QED) is 0.863. The van der Waals surface area contributed by atoms with Gasteiger partial charge in [0.25, 0.3) is 0 Å². The van der Waals surface area contributed by atoms with E-state index in [1.54, 1.807) is 0 Å². The van der Waals surface area contributed by atoms with Gasteiger partial charge in [0.05, 0.1) is 0 Å². The van der Waals surface area contributed by atoms with E-state index >= 15 is 0 Å². The molecular formula is C16H23N3. The predicted molar refractivity (Wildman–Crippen MR) is 80.3 cm³/mol. The second-order valence-electron chi connectivity index (χ2n) is 5.69. The molecule has 102 valence electrons. The van der Waals surface area contributed by atoms with Gasteiger partial charge < -0.3 is 15.2 Å². The van der Waals surface area contributed by atoms with Crippen molar-refractivity contribution in [3.8, 4) is 0 Å². The molecule has 1 aliphatic rings. The second kappa shape index (κ2) is 5.76. The first-order valence-corrected chi connectivity index (χ1v) is 7.33. The number of H-pyrrole nitrogens is 1. The number of nitrogens with one attached hydrogen (secondary N) is 2. The Labute approximate surface area is 115 Å². The first kappa shape index (κ1) is 12.7. The smallest absolute Gasteiger partial charge is 0.0457 e. The molecule has 2 heterocycles. The van der Waals surface area contributed by atoms with E-state index < -0.39 is 0 Å². The molecule has 1 saturated heterocycles. The zero-order valence-electron chi connectivity index (χ0n) is 11.7. The Morgan fingerprint density at radius 2 is 2.11 bits per heavy atom. The number of benzene rings is 1. The summed E-state index contributed by atoms with van der Waals surface area (Å²) in [4.78, 5) is 5.83. The Kier molecular flexibility index (Phi) is 3.85. The molecule has 1 atom stereocenters. The zero-order valence-corrected chi connectivity index (χ0v) is 11.7. The fourth-order valence-corrected chi connectivity index (χ4v) is 2.91. The van der Waals surface area contributed by atoms with Crippen molar-refractivity contribution in [1.82, 2.24) is 15.2 Å². The van der Waals surface area contributed by atoms with Gasteiger partial charge in [0.1, 0.15) is 0 Å². The van der Waals surface area contributed by atoms with Gasteiger partial charge in [0, 0.05) is 30.8 Å². The second-order valence-corrected chi connectivity index (χ2v) is 5.69. The average Bonchev–Trinajstić information content (AvgIpc) is 3.06. The molecule has 0 radical (unpaired) electrons. The molecular weight excluding hydrogens is 234 g/mol. The number of aromatic amines is 1. The summed E-state index contributed by atoms with van der Waals surface area (Å²) in [5, 5.41) is 4.91. The normalized spacial score (nSPS) is 18.2. The maximum absolute atomic E-state index is 3.63. The summed E-state index contributed by atoms with van der Waals surface area (Å²) < 4.78 is 0. The monoisotopic (exact) mass is 257 g/mol. The Hall–Kier alpha value is -1.32. The predicted octanol–water partition coefficient (Wildman–Crippen LogP) is 2.74. The number of rotatable bonds is 5. The first-order valence-electron chi connectivity index (χ1n) is 7.33. The largest absolute Gasteiger partial charge is 0.361 e. The van der Waals surface area contributed by atoms with Crippen molar-refractivity contribution in [2.24, 2.45) is 0 Å². The SMILES string of the molecule is CC(CN1CCCC1)NCc1ccc2cc[nH]c2c1. The highest BCUT2D eigenvalue weighted by atomic mass is 15.2. The van der Waals surface area contributed by atoms with Crippen molar-refractivity contribution >= 4 is 10.9 Å². The number of hydrogen-bond acceptors (Lipinski definition) is 2. The van der Waals surface area contributed by atoms with E-state index in [2.05, 4.69) is 46.4 Å². The van der Waals surface area contributed by atoms with Gasteiger partial charge in [-0.3, -0.25) is 0 Å². The van der Waals surface area contributed by atoms with E-state index in [-0.39, 0.29) is 0 Å². The summed E-state index contributed by atoms with van der Waals surface area (Å²) in [7, 11) is 0. The number of hydrogen-bond donors (Lipinski definition) is 2. The molecule has 0 bridgehead atoms. The van der Waals surface area contributed by atoms with Gasteiger partial charge in [-0.25, -0.2) is 0 Å². The van der Waals surface area contributed by atoms with Crippen LogP contribution in [0, 0.1) is 0 Å². The van der Waals surface area contributed by atoms with E-state index in [0.29, 0.717) is 6.04 Å². The lowest BCUT2D eigenvalue weighted by molar-refractivity contribution is 0.298. The molecule has 19 heavy (non-hydrogen) atoms. The molecule has 0 aliphatic carbocycles. The van der Waals surface area contributed by atoms with Crippen molar-refractivity contribution in [1.29, 1.82) is 0 Å². The van der Waals surface area contributed by atoms with Crippen molar-refractivity contribution in [2.45, 2.75) is 32.4 Å². The summed E-state index contributed by atoms with van der Waals surface area (Å²) in [5.41, 5.74) is 2.58. The van der Waals surface area contributed by atoms with E-state index in [4.69, 9.17) is 0 Å². The van der Waals surface area contributed by atoms with Gasteiger partial charge in [-0.05, 0) is 55.9 Å². The van der Waals surface area contributed by atoms with Crippen LogP contribution >= 0.6 is 0 Å². The molecule has 2 aromatic rings. The van der Waals surface area contributed by atoms with Crippen LogP contribution in [0.2, 0.25) is 0 Å². The van der Waals surface area contributed by atoms with Crippen molar-refractivity contribution in [3.05, 3.63) is 36.0 Å². The molecule has 1 aromatic carbocycles. The van der Waals surface area contributed by atoms with Gasteiger partial charge in [-0.1, -0.05) is 12.1 Å². The minimum absolute atomic E-state index is 0.553. The van der Waals surface area contributed by atoms with Gasteiger partial charge >= 0.3 is 0 Å². The summed E-state index contributed by atoms with van der Waals surface area (Å²) in [6.45, 7) is 6.96. The maximum atomic E-state index is 3.63. The number of likely N-dealkylation sites (tertiary alicyclic amines) is 1. The molecule has 0 saturated carbocycles. The van der Waals surface area contributed by atoms with Crippen LogP contribution in [0.3, 0.4) is 0 Å². The van der Waals surface area contributed by atoms with E-state index in [9.17, 15) is 0 Å².